The molecule has 0 N–H and O–H groups in total. The van der Waals surface area contributed by atoms with Crippen molar-refractivity contribution in [2.75, 3.05) is 4.90 Å². The van der Waals surface area contributed by atoms with Crippen molar-refractivity contribution >= 4 is 71.6 Å². The van der Waals surface area contributed by atoms with Crippen molar-refractivity contribution in [3.63, 3.8) is 0 Å². The summed E-state index contributed by atoms with van der Waals surface area (Å²) in [5.74, 6) is 0. The fraction of sp³-hybridized carbons (Fsp3) is 0. The van der Waals surface area contributed by atoms with Crippen LogP contribution in [-0.4, -0.2) is 4.57 Å². The predicted molar refractivity (Wildman–Crippen MR) is 231 cm³/mol. The van der Waals surface area contributed by atoms with Crippen LogP contribution in [0.3, 0.4) is 0 Å². The van der Waals surface area contributed by atoms with E-state index in [2.05, 4.69) is 204 Å². The molecule has 11 rings (SSSR count). The molecular weight excluding hydrogens is 669 g/mol. The van der Waals surface area contributed by atoms with E-state index in [-0.39, 0.29) is 0 Å². The van der Waals surface area contributed by atoms with Crippen molar-refractivity contribution in [2.24, 2.45) is 0 Å². The van der Waals surface area contributed by atoms with Crippen molar-refractivity contribution in [2.45, 2.75) is 0 Å². The number of hydrogen-bond donors (Lipinski definition) is 0. The van der Waals surface area contributed by atoms with E-state index in [9.17, 15) is 0 Å². The molecule has 0 saturated carbocycles. The molecule has 3 heteroatoms. The minimum atomic E-state index is 0.879. The Hall–Kier alpha value is -7.36. The van der Waals surface area contributed by atoms with Crippen LogP contribution in [0.25, 0.3) is 82.5 Å². The lowest BCUT2D eigenvalue weighted by Gasteiger charge is -2.26. The van der Waals surface area contributed by atoms with Gasteiger partial charge in [-0.05, 0) is 99.8 Å². The predicted octanol–water partition coefficient (Wildman–Crippen LogP) is 14.6. The van der Waals surface area contributed by atoms with Crippen LogP contribution >= 0.6 is 0 Å². The number of aromatic nitrogens is 1. The van der Waals surface area contributed by atoms with Crippen LogP contribution < -0.4 is 4.90 Å². The van der Waals surface area contributed by atoms with Crippen molar-refractivity contribution in [1.29, 1.82) is 0 Å². The van der Waals surface area contributed by atoms with Crippen molar-refractivity contribution in [3.8, 4) is 27.9 Å². The molecule has 0 atom stereocenters. The maximum atomic E-state index is 6.27. The number of furan rings is 1. The number of fused-ring (bicyclic) bond motifs is 7. The zero-order valence-corrected chi connectivity index (χ0v) is 29.9. The van der Waals surface area contributed by atoms with Gasteiger partial charge in [0.1, 0.15) is 11.2 Å². The lowest BCUT2D eigenvalue weighted by atomic mass is 9.91. The van der Waals surface area contributed by atoms with Crippen molar-refractivity contribution in [3.05, 3.63) is 206 Å². The molecule has 2 heterocycles. The second-order valence-electron chi connectivity index (χ2n) is 14.1. The summed E-state index contributed by atoms with van der Waals surface area (Å²) in [5, 5.41) is 7.19. The SMILES string of the molecule is c1ccc(-c2cccc3cccc(-c4ccc(N(c5cccc(-n6c7ccccc7c7ccccc76)c5)c5ccc6oc7ccccc7c6c5)cc4)c23)cc1. The van der Waals surface area contributed by atoms with Gasteiger partial charge < -0.3 is 13.9 Å². The monoisotopic (exact) mass is 702 g/mol. The molecule has 0 aliphatic rings. The topological polar surface area (TPSA) is 21.3 Å². The van der Waals surface area contributed by atoms with E-state index in [1.165, 1.54) is 54.8 Å². The number of anilines is 3. The van der Waals surface area contributed by atoms with Gasteiger partial charge in [0.2, 0.25) is 0 Å². The molecule has 258 valence electrons. The van der Waals surface area contributed by atoms with Crippen LogP contribution in [0, 0.1) is 0 Å². The van der Waals surface area contributed by atoms with Crippen LogP contribution in [0.15, 0.2) is 211 Å². The maximum absolute atomic E-state index is 6.27. The van der Waals surface area contributed by atoms with Crippen LogP contribution in [-0.2, 0) is 0 Å². The third-order valence-electron chi connectivity index (χ3n) is 11.0. The Kier molecular flexibility index (Phi) is 7.17. The van der Waals surface area contributed by atoms with Gasteiger partial charge in [-0.25, -0.2) is 0 Å². The van der Waals surface area contributed by atoms with Crippen LogP contribution in [0.4, 0.5) is 17.1 Å². The quantitative estimate of drug-likeness (QED) is 0.172. The van der Waals surface area contributed by atoms with Gasteiger partial charge >= 0.3 is 0 Å². The molecule has 0 aliphatic carbocycles. The Bertz CT molecular complexity index is 3150. The van der Waals surface area contributed by atoms with E-state index in [0.717, 1.165) is 44.7 Å². The molecular formula is C52H34N2O. The minimum Gasteiger partial charge on any atom is -0.456 e. The van der Waals surface area contributed by atoms with Crippen molar-refractivity contribution < 1.29 is 4.42 Å². The number of hydrogen-bond acceptors (Lipinski definition) is 2. The summed E-state index contributed by atoms with van der Waals surface area (Å²) in [6.45, 7) is 0. The second-order valence-corrected chi connectivity index (χ2v) is 14.1. The highest BCUT2D eigenvalue weighted by Gasteiger charge is 2.19. The number of rotatable bonds is 6. The average molecular weight is 703 g/mol. The molecule has 11 aromatic rings. The first-order chi connectivity index (χ1) is 27.3. The summed E-state index contributed by atoms with van der Waals surface area (Å²) in [4.78, 5) is 2.36. The van der Waals surface area contributed by atoms with Crippen LogP contribution in [0.2, 0.25) is 0 Å². The molecule has 0 radical (unpaired) electrons. The fourth-order valence-electron chi connectivity index (χ4n) is 8.50. The number of benzene rings is 9. The summed E-state index contributed by atoms with van der Waals surface area (Å²) in [7, 11) is 0. The van der Waals surface area contributed by atoms with Gasteiger partial charge in [0.15, 0.2) is 0 Å². The lowest BCUT2D eigenvalue weighted by Crippen LogP contribution is -2.10. The van der Waals surface area contributed by atoms with Gasteiger partial charge in [0, 0.05) is 44.3 Å². The summed E-state index contributed by atoms with van der Waals surface area (Å²) >= 11 is 0. The van der Waals surface area contributed by atoms with Gasteiger partial charge in [-0.15, -0.1) is 0 Å². The molecule has 0 fully saturated rings. The smallest absolute Gasteiger partial charge is 0.135 e. The normalized spacial score (nSPS) is 11.6. The Morgan fingerprint density at radius 3 is 1.65 bits per heavy atom. The summed E-state index contributed by atoms with van der Waals surface area (Å²) in [5.41, 5.74) is 13.3. The molecule has 3 nitrogen and oxygen atoms in total. The average Bonchev–Trinajstić information content (AvgIpc) is 3.80. The first kappa shape index (κ1) is 31.2. The Balaban J connectivity index is 1.09. The molecule has 0 saturated heterocycles. The summed E-state index contributed by atoms with van der Waals surface area (Å²) in [6, 6.07) is 74.0. The third-order valence-corrected chi connectivity index (χ3v) is 11.0. The van der Waals surface area contributed by atoms with Crippen LogP contribution in [0.5, 0.6) is 0 Å². The Morgan fingerprint density at radius 1 is 0.364 bits per heavy atom. The molecule has 0 unspecified atom stereocenters. The van der Waals surface area contributed by atoms with E-state index >= 15 is 0 Å². The van der Waals surface area contributed by atoms with E-state index < -0.39 is 0 Å². The zero-order valence-electron chi connectivity index (χ0n) is 29.9. The standard InChI is InChI=1S/C52H34N2O/c1-2-13-35(14-3-1)42-22-10-15-37-16-11-23-43(52(37)42)36-27-29-38(30-28-36)53(41-31-32-51-47(34-41)46-21-6-9-26-50(46)55-51)39-17-12-18-40(33-39)54-48-24-7-4-19-44(48)45-20-5-8-25-49(45)54/h1-34H. The first-order valence-corrected chi connectivity index (χ1v) is 18.8. The molecule has 55 heavy (non-hydrogen) atoms. The molecule has 0 amide bonds. The highest BCUT2D eigenvalue weighted by Crippen LogP contribution is 2.42. The molecule has 0 aliphatic heterocycles. The van der Waals surface area contributed by atoms with Crippen molar-refractivity contribution in [1.82, 2.24) is 4.57 Å². The maximum Gasteiger partial charge on any atom is 0.135 e. The summed E-state index contributed by atoms with van der Waals surface area (Å²) in [6.07, 6.45) is 0. The molecule has 0 spiro atoms. The van der Waals surface area contributed by atoms with Gasteiger partial charge in [0.05, 0.1) is 11.0 Å². The zero-order chi connectivity index (χ0) is 36.3. The lowest BCUT2D eigenvalue weighted by molar-refractivity contribution is 0.669. The highest BCUT2D eigenvalue weighted by molar-refractivity contribution is 6.10. The van der Waals surface area contributed by atoms with E-state index in [0.29, 0.717) is 0 Å². The highest BCUT2D eigenvalue weighted by atomic mass is 16.3. The Morgan fingerprint density at radius 2 is 0.927 bits per heavy atom. The van der Waals surface area contributed by atoms with Gasteiger partial charge in [-0.3, -0.25) is 0 Å². The van der Waals surface area contributed by atoms with E-state index in [1.807, 2.05) is 12.1 Å². The fourth-order valence-corrected chi connectivity index (χ4v) is 8.50. The Labute approximate surface area is 318 Å². The summed E-state index contributed by atoms with van der Waals surface area (Å²) < 4.78 is 8.65. The van der Waals surface area contributed by atoms with Gasteiger partial charge in [0.25, 0.3) is 0 Å². The van der Waals surface area contributed by atoms with Crippen LogP contribution in [0.1, 0.15) is 0 Å². The molecule has 9 aromatic carbocycles. The van der Waals surface area contributed by atoms with Gasteiger partial charge in [-0.1, -0.05) is 140 Å². The largest absolute Gasteiger partial charge is 0.456 e. The minimum absolute atomic E-state index is 0.879. The number of para-hydroxylation sites is 3. The third kappa shape index (κ3) is 5.13. The number of nitrogens with zero attached hydrogens (tertiary/aromatic N) is 2. The van der Waals surface area contributed by atoms with E-state index in [1.54, 1.807) is 0 Å². The first-order valence-electron chi connectivity index (χ1n) is 18.8. The van der Waals surface area contributed by atoms with E-state index in [4.69, 9.17) is 4.42 Å². The second kappa shape index (κ2) is 12.6. The molecule has 2 aromatic heterocycles. The molecule has 0 bridgehead atoms. The van der Waals surface area contributed by atoms with Gasteiger partial charge in [-0.2, -0.15) is 0 Å².